The summed E-state index contributed by atoms with van der Waals surface area (Å²) in [7, 11) is 0. The Balaban J connectivity index is 2.00. The molecule has 0 aromatic heterocycles. The Morgan fingerprint density at radius 2 is 2.33 bits per heavy atom. The molecule has 0 spiro atoms. The van der Waals surface area contributed by atoms with Crippen molar-refractivity contribution in [2.24, 2.45) is 0 Å². The van der Waals surface area contributed by atoms with Gasteiger partial charge in [-0.3, -0.25) is 0 Å². The number of carboxylic acid groups (broad SMARTS) is 1. The van der Waals surface area contributed by atoms with Gasteiger partial charge in [-0.1, -0.05) is 0 Å². The quantitative estimate of drug-likeness (QED) is 0.446. The van der Waals surface area contributed by atoms with Crippen molar-refractivity contribution in [3.63, 3.8) is 0 Å². The predicted molar refractivity (Wildman–Crippen MR) is 30.1 cm³/mol. The van der Waals surface area contributed by atoms with Gasteiger partial charge < -0.3 is 0 Å². The van der Waals surface area contributed by atoms with Gasteiger partial charge in [-0.25, -0.2) is 0 Å². The zero-order valence-electron chi connectivity index (χ0n) is 5.30. The molecule has 0 radical (unpaired) electrons. The fraction of sp³-hybridized carbons (Fsp3) is 0.833. The van der Waals surface area contributed by atoms with E-state index in [2.05, 4.69) is 6.92 Å². The molecule has 2 atom stereocenters. The fourth-order valence-corrected chi connectivity index (χ4v) is 3.02. The molecule has 1 rings (SSSR count). The number of hydrogen-bond donors (Lipinski definition) is 1. The van der Waals surface area contributed by atoms with Crippen molar-refractivity contribution in [1.82, 2.24) is 0 Å². The maximum absolute atomic E-state index is 10.1. The zero-order chi connectivity index (χ0) is 6.85. The minimum absolute atomic E-state index is 0.384. The number of halogens is 1. The normalized spacial score (nSPS) is 33.0. The van der Waals surface area contributed by atoms with Gasteiger partial charge in [-0.05, 0) is 0 Å². The number of rotatable bonds is 3. The Morgan fingerprint density at radius 1 is 1.78 bits per heavy atom. The molecule has 1 saturated heterocycles. The van der Waals surface area contributed by atoms with Gasteiger partial charge in [-0.15, -0.1) is 0 Å². The first-order valence-electron chi connectivity index (χ1n) is 3.04. The molecule has 0 saturated carbocycles. The molecule has 1 N–H and O–H groups in total. The summed E-state index contributed by atoms with van der Waals surface area (Å²) in [4.78, 5) is 10.1. The molecule has 0 aromatic carbocycles. The van der Waals surface area contributed by atoms with Crippen LogP contribution in [0.25, 0.3) is 0 Å². The van der Waals surface area contributed by atoms with E-state index in [-0.39, 0.29) is 0 Å². The van der Waals surface area contributed by atoms with Crippen molar-refractivity contribution in [3.05, 3.63) is 0 Å². The summed E-state index contributed by atoms with van der Waals surface area (Å²) >= 11 is 0.416. The van der Waals surface area contributed by atoms with Crippen LogP contribution in [0.5, 0.6) is 0 Å². The molecule has 0 amide bonds. The molecule has 1 fully saturated rings. The van der Waals surface area contributed by atoms with Crippen molar-refractivity contribution in [1.29, 1.82) is 0 Å². The van der Waals surface area contributed by atoms with E-state index >= 15 is 0 Å². The maximum atomic E-state index is 10.1. The fourth-order valence-electron chi connectivity index (χ4n) is 0.767. The van der Waals surface area contributed by atoms with Gasteiger partial charge in [0, 0.05) is 0 Å². The summed E-state index contributed by atoms with van der Waals surface area (Å²) in [6.45, 7) is 2.22. The summed E-state index contributed by atoms with van der Waals surface area (Å²) in [6.07, 6.45) is 1.32. The van der Waals surface area contributed by atoms with Crippen LogP contribution < -0.4 is 21.2 Å². The van der Waals surface area contributed by atoms with Crippen LogP contribution in [0.3, 0.4) is 0 Å². The van der Waals surface area contributed by atoms with Gasteiger partial charge in [0.1, 0.15) is 0 Å². The molecule has 9 heavy (non-hydrogen) atoms. The van der Waals surface area contributed by atoms with Crippen molar-refractivity contribution < 1.29 is 31.1 Å². The van der Waals surface area contributed by atoms with Crippen LogP contribution in [0.1, 0.15) is 19.8 Å². The molecule has 0 unspecified atom stereocenters. The van der Waals surface area contributed by atoms with E-state index in [4.69, 9.17) is 5.11 Å². The molecule has 0 bridgehead atoms. The van der Waals surface area contributed by atoms with Crippen molar-refractivity contribution >= 4 is 5.97 Å². The van der Waals surface area contributed by atoms with Gasteiger partial charge in [0.15, 0.2) is 0 Å². The van der Waals surface area contributed by atoms with E-state index in [1.807, 2.05) is 0 Å². The van der Waals surface area contributed by atoms with Crippen molar-refractivity contribution in [2.45, 2.75) is 27.6 Å². The molecule has 0 aromatic rings. The van der Waals surface area contributed by atoms with Crippen LogP contribution in [-0.2, 0) is 4.79 Å². The molecule has 54 valence electrons. The summed E-state index contributed by atoms with van der Waals surface area (Å²) in [5.41, 5.74) is 0. The molecular formula is C6H10IO2-. The van der Waals surface area contributed by atoms with Crippen molar-refractivity contribution in [3.8, 4) is 0 Å². The van der Waals surface area contributed by atoms with Gasteiger partial charge in [-0.2, -0.15) is 0 Å². The Kier molecular flexibility index (Phi) is 2.32. The Morgan fingerprint density at radius 3 is 2.67 bits per heavy atom. The summed E-state index contributed by atoms with van der Waals surface area (Å²) < 4.78 is 1.74. The summed E-state index contributed by atoms with van der Waals surface area (Å²) in [5, 5.41) is 8.29. The van der Waals surface area contributed by atoms with E-state index < -0.39 is 5.97 Å². The Hall–Kier alpha value is 0.200. The number of carboxylic acids is 1. The Labute approximate surface area is 64.9 Å². The molecule has 2 nitrogen and oxygen atoms in total. The predicted octanol–water partition coefficient (Wildman–Crippen LogP) is -2.29. The zero-order valence-corrected chi connectivity index (χ0v) is 7.46. The van der Waals surface area contributed by atoms with Crippen LogP contribution in [0.4, 0.5) is 0 Å². The van der Waals surface area contributed by atoms with Gasteiger partial charge in [0.05, 0.1) is 0 Å². The van der Waals surface area contributed by atoms with E-state index in [0.717, 1.165) is 14.3 Å². The van der Waals surface area contributed by atoms with Crippen molar-refractivity contribution in [2.75, 3.05) is 0 Å². The summed E-state index contributed by atoms with van der Waals surface area (Å²) in [6, 6.07) is 0. The number of aliphatic carboxylic acids is 1. The number of alkyl halides is 2. The van der Waals surface area contributed by atoms with E-state index in [1.54, 1.807) is 0 Å². The SMILES string of the molecule is C[C@@H]1[I-][C@H]1CCC(=O)O. The number of carbonyl (C=O) groups is 1. The minimum atomic E-state index is -0.641. The summed E-state index contributed by atoms with van der Waals surface area (Å²) in [5.74, 6) is -0.641. The first-order valence-corrected chi connectivity index (χ1v) is 5.53. The molecule has 0 aliphatic carbocycles. The van der Waals surface area contributed by atoms with Crippen LogP contribution in [-0.4, -0.2) is 18.9 Å². The molecule has 1 aliphatic heterocycles. The van der Waals surface area contributed by atoms with E-state index in [1.165, 1.54) is 0 Å². The van der Waals surface area contributed by atoms with Gasteiger partial charge in [0.2, 0.25) is 0 Å². The van der Waals surface area contributed by atoms with E-state index in [9.17, 15) is 4.79 Å². The molecule has 1 heterocycles. The Bertz CT molecular complexity index is 124. The molecule has 1 aliphatic rings. The monoisotopic (exact) mass is 241 g/mol. The van der Waals surface area contributed by atoms with Crippen LogP contribution in [0.2, 0.25) is 0 Å². The van der Waals surface area contributed by atoms with E-state index in [0.29, 0.717) is 27.6 Å². The third-order valence-electron chi connectivity index (χ3n) is 1.43. The standard InChI is InChI=1S/C6H10IO2/c1-4-5(7-4)2-3-6(8)9/h4-5H,2-3H2,1H3,(H,8,9)/q-1/t4-,5-/m0/s1. The third kappa shape index (κ3) is 2.51. The molecular weight excluding hydrogens is 231 g/mol. The average molecular weight is 241 g/mol. The van der Waals surface area contributed by atoms with Crippen LogP contribution in [0, 0.1) is 0 Å². The van der Waals surface area contributed by atoms with Gasteiger partial charge >= 0.3 is 64.7 Å². The topological polar surface area (TPSA) is 37.3 Å². The second kappa shape index (κ2) is 2.86. The van der Waals surface area contributed by atoms with Crippen LogP contribution >= 0.6 is 0 Å². The molecule has 3 heteroatoms. The second-order valence-electron chi connectivity index (χ2n) is 2.25. The average Bonchev–Trinajstić information content (AvgIpc) is 2.42. The third-order valence-corrected chi connectivity index (χ3v) is 5.22. The second-order valence-corrected chi connectivity index (χ2v) is 6.54. The first kappa shape index (κ1) is 7.31. The first-order chi connectivity index (χ1) is 4.20. The number of hydrogen-bond acceptors (Lipinski definition) is 1. The van der Waals surface area contributed by atoms with Crippen LogP contribution in [0.15, 0.2) is 0 Å². The van der Waals surface area contributed by atoms with Gasteiger partial charge in [0.25, 0.3) is 0 Å².